The fraction of sp³-hybridized carbons (Fsp3) is 0. The smallest absolute Gasteiger partial charge is 0.211 e. The fourth-order valence-corrected chi connectivity index (χ4v) is 3.23. The number of nitrogens with zero attached hydrogens (tertiary/aromatic N) is 2. The van der Waals surface area contributed by atoms with Crippen molar-refractivity contribution in [1.82, 2.24) is 0 Å². The van der Waals surface area contributed by atoms with E-state index in [0.29, 0.717) is 0 Å². The fourth-order valence-electron chi connectivity index (χ4n) is 3.23. The number of rotatable bonds is 0. The molecule has 0 radical (unpaired) electrons. The molecule has 4 aromatic heterocycles. The van der Waals surface area contributed by atoms with E-state index in [9.17, 15) is 0 Å². The van der Waals surface area contributed by atoms with Crippen molar-refractivity contribution in [3.8, 4) is 0 Å². The summed E-state index contributed by atoms with van der Waals surface area (Å²) >= 11 is 0. The van der Waals surface area contributed by atoms with Gasteiger partial charge in [0.1, 0.15) is 0 Å². The molecule has 0 saturated carbocycles. The van der Waals surface area contributed by atoms with Gasteiger partial charge in [-0.2, -0.15) is 8.80 Å². The van der Waals surface area contributed by atoms with E-state index in [1.54, 1.807) is 0 Å². The number of pyridine rings is 4. The molecule has 0 atom stereocenters. The Morgan fingerprint density at radius 2 is 1.04 bits per heavy atom. The first-order chi connectivity index (χ1) is 10.9. The lowest BCUT2D eigenvalue weighted by molar-refractivity contribution is -0.510. The second-order valence-electron chi connectivity index (χ2n) is 5.68. The maximum Gasteiger partial charge on any atom is 0.211 e. The summed E-state index contributed by atoms with van der Waals surface area (Å²) in [6, 6.07) is 21.5. The van der Waals surface area contributed by atoms with Crippen LogP contribution in [0.5, 0.6) is 0 Å². The Balaban J connectivity index is 0.00000135. The molecule has 0 aliphatic rings. The van der Waals surface area contributed by atoms with Gasteiger partial charge in [0.05, 0.1) is 0 Å². The third kappa shape index (κ3) is 2.16. The number of hydrogen-bond donors (Lipinski definition) is 0. The standard InChI is InChI=1S/C20H14N2.BrH/c1-3-9-21-13-15-7-8-16-14-22-10-4-2-6-18(22)12-20(16)19(15)11-17(21)5-1;/h1-14H;1H/q+2;/p-1. The third-order valence-electron chi connectivity index (χ3n) is 4.34. The molecule has 110 valence electrons. The number of hydrogen-bond acceptors (Lipinski definition) is 0. The van der Waals surface area contributed by atoms with E-state index in [0.717, 1.165) is 0 Å². The minimum absolute atomic E-state index is 0. The molecule has 0 aliphatic heterocycles. The average molecular weight is 362 g/mol. The van der Waals surface area contributed by atoms with Crippen LogP contribution in [0, 0.1) is 0 Å². The first-order valence-electron chi connectivity index (χ1n) is 7.45. The topological polar surface area (TPSA) is 8.20 Å². The molecule has 5 rings (SSSR count). The summed E-state index contributed by atoms with van der Waals surface area (Å²) in [5.74, 6) is 0. The van der Waals surface area contributed by atoms with E-state index in [2.05, 4.69) is 94.3 Å². The summed E-state index contributed by atoms with van der Waals surface area (Å²) in [6.45, 7) is 0. The summed E-state index contributed by atoms with van der Waals surface area (Å²) in [7, 11) is 0. The monoisotopic (exact) mass is 361 g/mol. The van der Waals surface area contributed by atoms with Crippen molar-refractivity contribution in [3.63, 3.8) is 0 Å². The predicted octanol–water partition coefficient (Wildman–Crippen LogP) is 0.474. The van der Waals surface area contributed by atoms with Gasteiger partial charge in [0.15, 0.2) is 24.8 Å². The van der Waals surface area contributed by atoms with Crippen LogP contribution in [0.4, 0.5) is 0 Å². The van der Waals surface area contributed by atoms with Gasteiger partial charge in [-0.1, -0.05) is 0 Å². The Hall–Kier alpha value is -2.52. The molecular weight excluding hydrogens is 348 g/mol. The Labute approximate surface area is 144 Å². The maximum absolute atomic E-state index is 2.27. The van der Waals surface area contributed by atoms with Gasteiger partial charge in [-0.05, 0) is 24.3 Å². The maximum atomic E-state index is 2.27. The highest BCUT2D eigenvalue weighted by Gasteiger charge is 2.11. The molecule has 0 spiro atoms. The van der Waals surface area contributed by atoms with Crippen LogP contribution >= 0.6 is 0 Å². The van der Waals surface area contributed by atoms with Crippen molar-refractivity contribution in [2.75, 3.05) is 0 Å². The van der Waals surface area contributed by atoms with Crippen LogP contribution in [-0.2, 0) is 0 Å². The summed E-state index contributed by atoms with van der Waals surface area (Å²) < 4.78 is 4.34. The Kier molecular flexibility index (Phi) is 3.24. The van der Waals surface area contributed by atoms with E-state index in [4.69, 9.17) is 0 Å². The zero-order valence-corrected chi connectivity index (χ0v) is 13.9. The molecular formula is C20H14BrN2+. The first kappa shape index (κ1) is 14.1. The van der Waals surface area contributed by atoms with E-state index < -0.39 is 0 Å². The zero-order valence-electron chi connectivity index (χ0n) is 12.4. The third-order valence-corrected chi connectivity index (χ3v) is 4.34. The van der Waals surface area contributed by atoms with Crippen LogP contribution in [0.15, 0.2) is 85.5 Å². The summed E-state index contributed by atoms with van der Waals surface area (Å²) in [5, 5.41) is 5.12. The normalized spacial score (nSPS) is 11.1. The zero-order chi connectivity index (χ0) is 14.5. The molecule has 23 heavy (non-hydrogen) atoms. The van der Waals surface area contributed by atoms with Crippen molar-refractivity contribution in [1.29, 1.82) is 0 Å². The van der Waals surface area contributed by atoms with Gasteiger partial charge in [-0.3, -0.25) is 0 Å². The predicted molar refractivity (Wildman–Crippen MR) is 87.8 cm³/mol. The highest BCUT2D eigenvalue weighted by molar-refractivity contribution is 6.08. The largest absolute Gasteiger partial charge is 1.00 e. The lowest BCUT2D eigenvalue weighted by atomic mass is 10.0. The molecule has 0 fully saturated rings. The Morgan fingerprint density at radius 3 is 1.52 bits per heavy atom. The molecule has 5 aromatic rings. The molecule has 4 heterocycles. The van der Waals surface area contributed by atoms with Crippen LogP contribution < -0.4 is 25.8 Å². The highest BCUT2D eigenvalue weighted by atomic mass is 79.9. The summed E-state index contributed by atoms with van der Waals surface area (Å²) in [4.78, 5) is 0. The van der Waals surface area contributed by atoms with E-state index >= 15 is 0 Å². The van der Waals surface area contributed by atoms with Gasteiger partial charge in [-0.15, -0.1) is 0 Å². The average Bonchev–Trinajstić information content (AvgIpc) is 2.58. The van der Waals surface area contributed by atoms with E-state index in [1.807, 2.05) is 0 Å². The molecule has 0 N–H and O–H groups in total. The van der Waals surface area contributed by atoms with E-state index in [1.165, 1.54) is 32.6 Å². The molecule has 0 amide bonds. The molecule has 0 unspecified atom stereocenters. The lowest BCUT2D eigenvalue weighted by Gasteiger charge is -2.02. The molecule has 2 nitrogen and oxygen atoms in total. The molecule has 1 aromatic carbocycles. The molecule has 3 heteroatoms. The van der Waals surface area contributed by atoms with Crippen molar-refractivity contribution in [2.24, 2.45) is 0 Å². The summed E-state index contributed by atoms with van der Waals surface area (Å²) in [6.07, 6.45) is 8.59. The number of halogens is 1. The van der Waals surface area contributed by atoms with Gasteiger partial charge in [0, 0.05) is 57.9 Å². The minimum Gasteiger partial charge on any atom is -1.00 e. The number of fused-ring (bicyclic) bond motifs is 5. The Morgan fingerprint density at radius 1 is 0.565 bits per heavy atom. The first-order valence-corrected chi connectivity index (χ1v) is 7.45. The van der Waals surface area contributed by atoms with Crippen molar-refractivity contribution in [2.45, 2.75) is 0 Å². The summed E-state index contributed by atoms with van der Waals surface area (Å²) in [5.41, 5.74) is 2.42. The van der Waals surface area contributed by atoms with Crippen LogP contribution in [-0.4, -0.2) is 0 Å². The number of benzene rings is 1. The van der Waals surface area contributed by atoms with Crippen LogP contribution in [0.2, 0.25) is 0 Å². The molecule has 0 bridgehead atoms. The van der Waals surface area contributed by atoms with Crippen molar-refractivity contribution < 1.29 is 25.8 Å². The lowest BCUT2D eigenvalue weighted by Crippen LogP contribution is -3.00. The quantitative estimate of drug-likeness (QED) is 0.215. The second-order valence-corrected chi connectivity index (χ2v) is 5.68. The van der Waals surface area contributed by atoms with Crippen molar-refractivity contribution in [3.05, 3.63) is 85.5 Å². The molecule has 0 aliphatic carbocycles. The second kappa shape index (κ2) is 5.28. The van der Waals surface area contributed by atoms with Crippen LogP contribution in [0.3, 0.4) is 0 Å². The van der Waals surface area contributed by atoms with Gasteiger partial charge in [0.25, 0.3) is 0 Å². The van der Waals surface area contributed by atoms with Gasteiger partial charge in [-0.25, -0.2) is 0 Å². The van der Waals surface area contributed by atoms with Gasteiger partial charge < -0.3 is 17.0 Å². The highest BCUT2D eigenvalue weighted by Crippen LogP contribution is 2.25. The minimum atomic E-state index is 0. The van der Waals surface area contributed by atoms with Crippen molar-refractivity contribution >= 4 is 32.6 Å². The van der Waals surface area contributed by atoms with Gasteiger partial charge in [0.2, 0.25) is 11.0 Å². The van der Waals surface area contributed by atoms with Crippen LogP contribution in [0.1, 0.15) is 0 Å². The Bertz CT molecular complexity index is 1090. The number of aromatic nitrogens is 2. The van der Waals surface area contributed by atoms with E-state index in [-0.39, 0.29) is 17.0 Å². The molecule has 0 saturated heterocycles. The van der Waals surface area contributed by atoms with Crippen LogP contribution in [0.25, 0.3) is 32.6 Å². The SMILES string of the molecule is [Br-].c1cc[n+]2cc3ccc4c[n+]5ccccc5cc4c3cc2c1. The van der Waals surface area contributed by atoms with Gasteiger partial charge >= 0.3 is 0 Å².